The van der Waals surface area contributed by atoms with Crippen LogP contribution in [0, 0.1) is 5.95 Å². The molecule has 0 bridgehead atoms. The smallest absolute Gasteiger partial charge is 0.251 e. The number of halogens is 1. The third kappa shape index (κ3) is 2.38. The van der Waals surface area contributed by atoms with Crippen LogP contribution in [-0.4, -0.2) is 21.6 Å². The Morgan fingerprint density at radius 2 is 2.05 bits per heavy atom. The van der Waals surface area contributed by atoms with E-state index in [0.29, 0.717) is 17.3 Å². The molecule has 2 aromatic rings. The molecule has 0 aliphatic carbocycles. The predicted molar refractivity (Wildman–Crippen MR) is 79.8 cm³/mol. The maximum absolute atomic E-state index is 14.2. The van der Waals surface area contributed by atoms with Crippen LogP contribution in [-0.2, 0) is 15.0 Å². The highest BCUT2D eigenvalue weighted by Gasteiger charge is 2.31. The second-order valence-corrected chi connectivity index (χ2v) is 6.68. The SMILES string of the molecule is CC(C)(C)c1ccc2c(c1)c(F)nn2C1CCC(=O)NC1=O. The fraction of sp³-hybridized carbons (Fsp3) is 0.438. The summed E-state index contributed by atoms with van der Waals surface area (Å²) in [5.41, 5.74) is 1.47. The molecule has 1 fully saturated rings. The topological polar surface area (TPSA) is 64.0 Å². The van der Waals surface area contributed by atoms with E-state index in [1.165, 1.54) is 4.68 Å². The third-order valence-corrected chi connectivity index (χ3v) is 4.03. The number of fused-ring (bicyclic) bond motifs is 1. The van der Waals surface area contributed by atoms with E-state index in [1.807, 2.05) is 6.07 Å². The zero-order chi connectivity index (χ0) is 16.1. The minimum absolute atomic E-state index is 0.0998. The van der Waals surface area contributed by atoms with Crippen molar-refractivity contribution in [2.75, 3.05) is 0 Å². The summed E-state index contributed by atoms with van der Waals surface area (Å²) in [5, 5.41) is 6.57. The number of carbonyl (C=O) groups is 2. The van der Waals surface area contributed by atoms with Gasteiger partial charge in [-0.1, -0.05) is 26.8 Å². The van der Waals surface area contributed by atoms with Crippen LogP contribution in [0.5, 0.6) is 0 Å². The molecule has 1 aliphatic rings. The van der Waals surface area contributed by atoms with Gasteiger partial charge in [-0.15, -0.1) is 5.10 Å². The molecule has 2 heterocycles. The van der Waals surface area contributed by atoms with E-state index < -0.39 is 17.9 Å². The minimum atomic E-state index is -0.648. The Morgan fingerprint density at radius 1 is 1.32 bits per heavy atom. The van der Waals surface area contributed by atoms with Crippen LogP contribution < -0.4 is 5.32 Å². The average molecular weight is 303 g/mol. The third-order valence-electron chi connectivity index (χ3n) is 4.03. The van der Waals surface area contributed by atoms with Crippen LogP contribution in [0.4, 0.5) is 4.39 Å². The highest BCUT2D eigenvalue weighted by Crippen LogP contribution is 2.30. The molecule has 116 valence electrons. The molecule has 1 aromatic heterocycles. The molecule has 2 amide bonds. The second-order valence-electron chi connectivity index (χ2n) is 6.68. The highest BCUT2D eigenvalue weighted by molar-refractivity contribution is 6.00. The number of carbonyl (C=O) groups excluding carboxylic acids is 2. The van der Waals surface area contributed by atoms with Crippen molar-refractivity contribution < 1.29 is 14.0 Å². The summed E-state index contributed by atoms with van der Waals surface area (Å²) in [6.45, 7) is 6.16. The first-order valence-electron chi connectivity index (χ1n) is 7.29. The van der Waals surface area contributed by atoms with Gasteiger partial charge in [0, 0.05) is 6.42 Å². The number of imide groups is 1. The summed E-state index contributed by atoms with van der Waals surface area (Å²) in [7, 11) is 0. The summed E-state index contributed by atoms with van der Waals surface area (Å²) in [5.74, 6) is -1.32. The Hall–Kier alpha value is -2.24. The fourth-order valence-corrected chi connectivity index (χ4v) is 2.72. The van der Waals surface area contributed by atoms with E-state index in [0.717, 1.165) is 5.56 Å². The number of nitrogens with zero attached hydrogens (tertiary/aromatic N) is 2. The zero-order valence-electron chi connectivity index (χ0n) is 12.8. The molecule has 1 N–H and O–H groups in total. The number of amides is 2. The van der Waals surface area contributed by atoms with Crippen molar-refractivity contribution in [3.05, 3.63) is 29.7 Å². The van der Waals surface area contributed by atoms with Gasteiger partial charge in [0.25, 0.3) is 5.91 Å². The number of aromatic nitrogens is 2. The summed E-state index contributed by atoms with van der Waals surface area (Å²) in [6, 6.07) is 4.84. The average Bonchev–Trinajstić information content (AvgIpc) is 2.75. The minimum Gasteiger partial charge on any atom is -0.295 e. The van der Waals surface area contributed by atoms with E-state index in [2.05, 4.69) is 31.2 Å². The number of hydrogen-bond acceptors (Lipinski definition) is 3. The van der Waals surface area contributed by atoms with Crippen molar-refractivity contribution in [1.82, 2.24) is 15.1 Å². The largest absolute Gasteiger partial charge is 0.295 e. The van der Waals surface area contributed by atoms with E-state index in [4.69, 9.17) is 0 Å². The fourth-order valence-electron chi connectivity index (χ4n) is 2.72. The Bertz CT molecular complexity index is 774. The molecule has 5 nitrogen and oxygen atoms in total. The normalized spacial score (nSPS) is 19.5. The van der Waals surface area contributed by atoms with Gasteiger partial charge in [-0.2, -0.15) is 4.39 Å². The lowest BCUT2D eigenvalue weighted by molar-refractivity contribution is -0.135. The molecule has 3 rings (SSSR count). The van der Waals surface area contributed by atoms with Crippen molar-refractivity contribution in [3.63, 3.8) is 0 Å². The lowest BCUT2D eigenvalue weighted by Crippen LogP contribution is -2.42. The molecule has 22 heavy (non-hydrogen) atoms. The van der Waals surface area contributed by atoms with Crippen LogP contribution in [0.25, 0.3) is 10.9 Å². The number of piperidine rings is 1. The van der Waals surface area contributed by atoms with Crippen molar-refractivity contribution >= 4 is 22.7 Å². The van der Waals surface area contributed by atoms with Crippen LogP contribution in [0.1, 0.15) is 45.2 Å². The van der Waals surface area contributed by atoms with Gasteiger partial charge in [-0.05, 0) is 29.5 Å². The summed E-state index contributed by atoms with van der Waals surface area (Å²) >= 11 is 0. The van der Waals surface area contributed by atoms with Crippen LogP contribution in [0.3, 0.4) is 0 Å². The second kappa shape index (κ2) is 4.90. The Kier molecular flexibility index (Phi) is 3.27. The Labute approximate surface area is 127 Å². The van der Waals surface area contributed by atoms with Crippen molar-refractivity contribution in [1.29, 1.82) is 0 Å². The van der Waals surface area contributed by atoms with E-state index in [9.17, 15) is 14.0 Å². The molecular formula is C16H18FN3O2. The van der Waals surface area contributed by atoms with Crippen LogP contribution >= 0.6 is 0 Å². The molecule has 1 unspecified atom stereocenters. The van der Waals surface area contributed by atoms with Gasteiger partial charge in [0.05, 0.1) is 10.9 Å². The molecule has 6 heteroatoms. The Balaban J connectivity index is 2.09. The lowest BCUT2D eigenvalue weighted by Gasteiger charge is -2.22. The molecule has 1 aromatic carbocycles. The van der Waals surface area contributed by atoms with Crippen molar-refractivity contribution in [2.24, 2.45) is 0 Å². The van der Waals surface area contributed by atoms with Crippen molar-refractivity contribution in [2.45, 2.75) is 45.1 Å². The van der Waals surface area contributed by atoms with Crippen LogP contribution in [0.15, 0.2) is 18.2 Å². The highest BCUT2D eigenvalue weighted by atomic mass is 19.1. The van der Waals surface area contributed by atoms with Gasteiger partial charge in [0.15, 0.2) is 0 Å². The van der Waals surface area contributed by atoms with E-state index in [-0.39, 0.29) is 17.7 Å². The van der Waals surface area contributed by atoms with E-state index in [1.54, 1.807) is 12.1 Å². The summed E-state index contributed by atoms with van der Waals surface area (Å²) in [4.78, 5) is 23.2. The quantitative estimate of drug-likeness (QED) is 0.823. The molecule has 0 spiro atoms. The standard InChI is InChI=1S/C16H18FN3O2/c1-16(2,3)9-4-5-11-10(8-9)14(17)19-20(11)12-6-7-13(21)18-15(12)22/h4-5,8,12H,6-7H2,1-3H3,(H,18,21,22). The first kappa shape index (κ1) is 14.7. The molecule has 0 radical (unpaired) electrons. The van der Waals surface area contributed by atoms with E-state index >= 15 is 0 Å². The van der Waals surface area contributed by atoms with Crippen molar-refractivity contribution in [3.8, 4) is 0 Å². The van der Waals surface area contributed by atoms with Crippen LogP contribution in [0.2, 0.25) is 0 Å². The molecular weight excluding hydrogens is 285 g/mol. The lowest BCUT2D eigenvalue weighted by atomic mass is 9.86. The maximum atomic E-state index is 14.2. The first-order chi connectivity index (χ1) is 10.3. The predicted octanol–water partition coefficient (Wildman–Crippen LogP) is 2.45. The van der Waals surface area contributed by atoms with Gasteiger partial charge < -0.3 is 0 Å². The van der Waals surface area contributed by atoms with Gasteiger partial charge in [-0.3, -0.25) is 14.9 Å². The number of nitrogens with one attached hydrogen (secondary N) is 1. The number of rotatable bonds is 1. The monoisotopic (exact) mass is 303 g/mol. The molecule has 0 saturated carbocycles. The van der Waals surface area contributed by atoms with Gasteiger partial charge in [0.1, 0.15) is 6.04 Å². The Morgan fingerprint density at radius 3 is 2.68 bits per heavy atom. The summed E-state index contributed by atoms with van der Waals surface area (Å²) < 4.78 is 15.6. The van der Waals surface area contributed by atoms with Gasteiger partial charge in [-0.25, -0.2) is 4.68 Å². The molecule has 1 atom stereocenters. The van der Waals surface area contributed by atoms with Gasteiger partial charge in [0.2, 0.25) is 11.9 Å². The number of benzene rings is 1. The molecule has 1 saturated heterocycles. The first-order valence-corrected chi connectivity index (χ1v) is 7.29. The maximum Gasteiger partial charge on any atom is 0.251 e. The van der Waals surface area contributed by atoms with Gasteiger partial charge >= 0.3 is 0 Å². The molecule has 1 aliphatic heterocycles. The zero-order valence-corrected chi connectivity index (χ0v) is 12.8. The summed E-state index contributed by atoms with van der Waals surface area (Å²) in [6.07, 6.45) is 0.571. The number of hydrogen-bond donors (Lipinski definition) is 1.